The molecule has 0 aliphatic carbocycles. The van der Waals surface area contributed by atoms with Gasteiger partial charge in [-0.2, -0.15) is 0 Å². The van der Waals surface area contributed by atoms with Gasteiger partial charge < -0.3 is 20.1 Å². The second-order valence-corrected chi connectivity index (χ2v) is 5.53. The first-order valence-corrected chi connectivity index (χ1v) is 7.38. The van der Waals surface area contributed by atoms with Gasteiger partial charge in [-0.1, -0.05) is 0 Å². The third-order valence-corrected chi connectivity index (χ3v) is 4.30. The number of carbonyl (C=O) groups is 1. The van der Waals surface area contributed by atoms with Crippen molar-refractivity contribution in [2.45, 2.75) is 56.8 Å². The highest BCUT2D eigenvalue weighted by Crippen LogP contribution is 2.22. The highest BCUT2D eigenvalue weighted by atomic mass is 35.5. The smallest absolute Gasteiger partial charge is 0.222 e. The Balaban J connectivity index is 0.00000200. The molecular formula is C14H27ClN2O3. The molecule has 2 N–H and O–H groups in total. The van der Waals surface area contributed by atoms with Crippen LogP contribution in [0.2, 0.25) is 0 Å². The topological polar surface area (TPSA) is 64.8 Å². The lowest BCUT2D eigenvalue weighted by Crippen LogP contribution is -2.51. The number of ether oxygens (including phenoxy) is 2. The van der Waals surface area contributed by atoms with E-state index in [4.69, 9.17) is 15.2 Å². The minimum Gasteiger partial charge on any atom is -0.381 e. The number of methoxy groups -OCH3 is 1. The Labute approximate surface area is 127 Å². The summed E-state index contributed by atoms with van der Waals surface area (Å²) in [6, 6.07) is 0.135. The number of rotatable bonds is 5. The van der Waals surface area contributed by atoms with Gasteiger partial charge in [0.05, 0.1) is 12.2 Å². The van der Waals surface area contributed by atoms with Crippen LogP contribution in [0.5, 0.6) is 0 Å². The average Bonchev–Trinajstić information content (AvgIpc) is 2.97. The van der Waals surface area contributed by atoms with Crippen molar-refractivity contribution >= 4 is 18.3 Å². The lowest BCUT2D eigenvalue weighted by Gasteiger charge is -2.38. The first-order valence-electron chi connectivity index (χ1n) is 7.38. The fraction of sp³-hybridized carbons (Fsp3) is 0.929. The molecule has 0 bridgehead atoms. The summed E-state index contributed by atoms with van der Waals surface area (Å²) in [5, 5.41) is 0. The Bertz CT molecular complexity index is 298. The molecule has 2 rings (SSSR count). The van der Waals surface area contributed by atoms with Gasteiger partial charge in [-0.25, -0.2) is 0 Å². The Morgan fingerprint density at radius 3 is 2.85 bits per heavy atom. The lowest BCUT2D eigenvalue weighted by molar-refractivity contribution is -0.137. The van der Waals surface area contributed by atoms with Gasteiger partial charge in [-0.3, -0.25) is 4.79 Å². The van der Waals surface area contributed by atoms with Crippen molar-refractivity contribution in [3.63, 3.8) is 0 Å². The lowest BCUT2D eigenvalue weighted by atomic mass is 9.98. The SMILES string of the molecule is COC1CCN(C(=O)CCC2CCCO2)C(CN)C1.Cl. The molecule has 2 heterocycles. The molecule has 0 aromatic carbocycles. The summed E-state index contributed by atoms with van der Waals surface area (Å²) < 4.78 is 10.9. The molecule has 0 aromatic heterocycles. The number of hydrogen-bond donors (Lipinski definition) is 1. The second kappa shape index (κ2) is 8.82. The van der Waals surface area contributed by atoms with Crippen molar-refractivity contribution < 1.29 is 14.3 Å². The van der Waals surface area contributed by atoms with Gasteiger partial charge in [-0.05, 0) is 32.1 Å². The first kappa shape index (κ1) is 17.7. The number of hydrogen-bond acceptors (Lipinski definition) is 4. The molecule has 2 aliphatic rings. The minimum atomic E-state index is 0. The number of piperidine rings is 1. The van der Waals surface area contributed by atoms with Gasteiger partial charge in [-0.15, -0.1) is 12.4 Å². The van der Waals surface area contributed by atoms with Crippen LogP contribution in [0, 0.1) is 0 Å². The van der Waals surface area contributed by atoms with Crippen molar-refractivity contribution in [2.75, 3.05) is 26.8 Å². The maximum atomic E-state index is 12.3. The van der Waals surface area contributed by atoms with Crippen LogP contribution in [0.4, 0.5) is 0 Å². The molecule has 5 nitrogen and oxygen atoms in total. The maximum absolute atomic E-state index is 12.3. The molecule has 3 unspecified atom stereocenters. The van der Waals surface area contributed by atoms with E-state index in [1.54, 1.807) is 7.11 Å². The Kier molecular flexibility index (Phi) is 7.80. The van der Waals surface area contributed by atoms with Crippen molar-refractivity contribution in [3.05, 3.63) is 0 Å². The molecule has 2 aliphatic heterocycles. The maximum Gasteiger partial charge on any atom is 0.222 e. The van der Waals surface area contributed by atoms with Gasteiger partial charge in [0, 0.05) is 39.3 Å². The molecular weight excluding hydrogens is 280 g/mol. The summed E-state index contributed by atoms with van der Waals surface area (Å²) in [5.41, 5.74) is 5.79. The monoisotopic (exact) mass is 306 g/mol. The summed E-state index contributed by atoms with van der Waals surface area (Å²) in [4.78, 5) is 14.2. The largest absolute Gasteiger partial charge is 0.381 e. The molecule has 20 heavy (non-hydrogen) atoms. The molecule has 2 fully saturated rings. The summed E-state index contributed by atoms with van der Waals surface area (Å²) in [5.74, 6) is 0.223. The molecule has 3 atom stereocenters. The summed E-state index contributed by atoms with van der Waals surface area (Å²) in [7, 11) is 1.73. The summed E-state index contributed by atoms with van der Waals surface area (Å²) in [6.45, 7) is 2.14. The number of carbonyl (C=O) groups excluding carboxylic acids is 1. The summed E-state index contributed by atoms with van der Waals surface area (Å²) >= 11 is 0. The van der Waals surface area contributed by atoms with Crippen LogP contribution in [0.3, 0.4) is 0 Å². The van der Waals surface area contributed by atoms with Crippen molar-refractivity contribution in [1.29, 1.82) is 0 Å². The van der Waals surface area contributed by atoms with E-state index in [9.17, 15) is 4.79 Å². The number of nitrogens with zero attached hydrogens (tertiary/aromatic N) is 1. The van der Waals surface area contributed by atoms with Gasteiger partial charge in [0.15, 0.2) is 0 Å². The predicted octanol–water partition coefficient (Wildman–Crippen LogP) is 1.33. The quantitative estimate of drug-likeness (QED) is 0.832. The van der Waals surface area contributed by atoms with Crippen LogP contribution < -0.4 is 5.73 Å². The van der Waals surface area contributed by atoms with Crippen LogP contribution >= 0.6 is 12.4 Å². The Morgan fingerprint density at radius 2 is 2.25 bits per heavy atom. The van der Waals surface area contributed by atoms with E-state index in [0.717, 1.165) is 45.3 Å². The Morgan fingerprint density at radius 1 is 1.45 bits per heavy atom. The normalized spacial score (nSPS) is 30.1. The van der Waals surface area contributed by atoms with E-state index in [1.165, 1.54) is 0 Å². The second-order valence-electron chi connectivity index (χ2n) is 5.53. The van der Waals surface area contributed by atoms with Crippen LogP contribution in [-0.4, -0.2) is 55.9 Å². The van der Waals surface area contributed by atoms with E-state index in [0.29, 0.717) is 13.0 Å². The first-order chi connectivity index (χ1) is 9.24. The fourth-order valence-electron chi connectivity index (χ4n) is 3.08. The van der Waals surface area contributed by atoms with Crippen LogP contribution in [-0.2, 0) is 14.3 Å². The van der Waals surface area contributed by atoms with Crippen LogP contribution in [0.15, 0.2) is 0 Å². The van der Waals surface area contributed by atoms with Gasteiger partial charge in [0.1, 0.15) is 0 Å². The highest BCUT2D eigenvalue weighted by Gasteiger charge is 2.31. The summed E-state index contributed by atoms with van der Waals surface area (Å²) in [6.07, 6.45) is 5.96. The number of likely N-dealkylation sites (tertiary alicyclic amines) is 1. The van der Waals surface area contributed by atoms with Gasteiger partial charge in [0.25, 0.3) is 0 Å². The number of amides is 1. The molecule has 0 aromatic rings. The van der Waals surface area contributed by atoms with Gasteiger partial charge >= 0.3 is 0 Å². The highest BCUT2D eigenvalue weighted by molar-refractivity contribution is 5.85. The number of nitrogens with two attached hydrogens (primary N) is 1. The number of halogens is 1. The zero-order valence-electron chi connectivity index (χ0n) is 12.3. The van der Waals surface area contributed by atoms with E-state index >= 15 is 0 Å². The van der Waals surface area contributed by atoms with Crippen molar-refractivity contribution in [2.24, 2.45) is 5.73 Å². The third-order valence-electron chi connectivity index (χ3n) is 4.30. The third kappa shape index (κ3) is 4.58. The average molecular weight is 307 g/mol. The molecule has 6 heteroatoms. The molecule has 2 saturated heterocycles. The van der Waals surface area contributed by atoms with E-state index in [2.05, 4.69) is 0 Å². The van der Waals surface area contributed by atoms with Gasteiger partial charge in [0.2, 0.25) is 5.91 Å². The fourth-order valence-corrected chi connectivity index (χ4v) is 3.08. The van der Waals surface area contributed by atoms with Crippen LogP contribution in [0.1, 0.15) is 38.5 Å². The van der Waals surface area contributed by atoms with E-state index in [1.807, 2.05) is 4.90 Å². The molecule has 118 valence electrons. The molecule has 1 amide bonds. The molecule has 0 saturated carbocycles. The Hall–Kier alpha value is -0.360. The van der Waals surface area contributed by atoms with E-state index < -0.39 is 0 Å². The van der Waals surface area contributed by atoms with Crippen LogP contribution in [0.25, 0.3) is 0 Å². The van der Waals surface area contributed by atoms with Crippen molar-refractivity contribution in [3.8, 4) is 0 Å². The molecule has 0 radical (unpaired) electrons. The predicted molar refractivity (Wildman–Crippen MR) is 80.0 cm³/mol. The zero-order chi connectivity index (χ0) is 13.7. The van der Waals surface area contributed by atoms with Crippen molar-refractivity contribution in [1.82, 2.24) is 4.90 Å². The molecule has 0 spiro atoms. The van der Waals surface area contributed by atoms with E-state index in [-0.39, 0.29) is 36.6 Å². The standard InChI is InChI=1S/C14H26N2O3.ClH/c1-18-13-6-7-16(11(9-13)10-15)14(17)5-4-12-3-2-8-19-12;/h11-13H,2-10,15H2,1H3;1H. The zero-order valence-corrected chi connectivity index (χ0v) is 13.1. The minimum absolute atomic E-state index is 0.